The average molecular weight is 351 g/mol. The van der Waals surface area contributed by atoms with Gasteiger partial charge in [-0.25, -0.2) is 0 Å². The molecule has 0 heterocycles. The maximum absolute atomic E-state index is 5.45. The summed E-state index contributed by atoms with van der Waals surface area (Å²) < 4.78 is 16.1. The van der Waals surface area contributed by atoms with Crippen LogP contribution in [0.4, 0.5) is 0 Å². The van der Waals surface area contributed by atoms with Crippen LogP contribution < -0.4 is 14.2 Å². The fraction of sp³-hybridized carbons (Fsp3) is 0.294. The van der Waals surface area contributed by atoms with E-state index in [0.29, 0.717) is 0 Å². The van der Waals surface area contributed by atoms with E-state index in [1.807, 2.05) is 30.3 Å². The lowest BCUT2D eigenvalue weighted by atomic mass is 10.0. The number of halogens is 1. The molecule has 0 amide bonds. The molecule has 0 aliphatic carbocycles. The van der Waals surface area contributed by atoms with Gasteiger partial charge in [-0.1, -0.05) is 34.1 Å². The molecule has 1 unspecified atom stereocenters. The Kier molecular flexibility index (Phi) is 5.51. The summed E-state index contributed by atoms with van der Waals surface area (Å²) in [5.74, 6) is 2.51. The van der Waals surface area contributed by atoms with Gasteiger partial charge in [-0.05, 0) is 36.2 Å². The predicted octanol–water partition coefficient (Wildman–Crippen LogP) is 4.39. The molecule has 0 aromatic heterocycles. The summed E-state index contributed by atoms with van der Waals surface area (Å²) in [6, 6.07) is 13.9. The van der Waals surface area contributed by atoms with Crippen molar-refractivity contribution in [2.45, 2.75) is 11.2 Å². The van der Waals surface area contributed by atoms with Crippen molar-refractivity contribution in [1.82, 2.24) is 0 Å². The molecule has 2 aromatic carbocycles. The van der Waals surface area contributed by atoms with Gasteiger partial charge in [-0.15, -0.1) is 0 Å². The highest BCUT2D eigenvalue weighted by atomic mass is 79.9. The van der Waals surface area contributed by atoms with Crippen molar-refractivity contribution in [3.05, 3.63) is 53.6 Å². The van der Waals surface area contributed by atoms with Crippen molar-refractivity contribution in [3.63, 3.8) is 0 Å². The summed E-state index contributed by atoms with van der Waals surface area (Å²) in [7, 11) is 5.01. The average Bonchev–Trinajstić information content (AvgIpc) is 2.54. The first-order chi connectivity index (χ1) is 10.2. The number of rotatable bonds is 6. The van der Waals surface area contributed by atoms with Crippen LogP contribution in [0.25, 0.3) is 0 Å². The van der Waals surface area contributed by atoms with Crippen molar-refractivity contribution >= 4 is 15.9 Å². The van der Waals surface area contributed by atoms with Crippen molar-refractivity contribution in [2.24, 2.45) is 0 Å². The number of methoxy groups -OCH3 is 3. The van der Waals surface area contributed by atoms with Crippen molar-refractivity contribution in [2.75, 3.05) is 21.3 Å². The molecular formula is C17H19BrO3. The molecule has 0 radical (unpaired) electrons. The fourth-order valence-corrected chi connectivity index (χ4v) is 3.08. The van der Waals surface area contributed by atoms with Crippen LogP contribution in [-0.4, -0.2) is 21.3 Å². The van der Waals surface area contributed by atoms with E-state index < -0.39 is 0 Å². The summed E-state index contributed by atoms with van der Waals surface area (Å²) in [5.41, 5.74) is 2.24. The Bertz CT molecular complexity index is 559. The van der Waals surface area contributed by atoms with Crippen LogP contribution in [0.2, 0.25) is 0 Å². The Hall–Kier alpha value is -1.68. The molecule has 0 saturated heterocycles. The predicted molar refractivity (Wildman–Crippen MR) is 87.9 cm³/mol. The number of hydrogen-bond acceptors (Lipinski definition) is 3. The van der Waals surface area contributed by atoms with E-state index in [4.69, 9.17) is 14.2 Å². The largest absolute Gasteiger partial charge is 0.497 e. The van der Waals surface area contributed by atoms with Crippen LogP contribution in [-0.2, 0) is 6.42 Å². The van der Waals surface area contributed by atoms with E-state index in [0.717, 1.165) is 29.2 Å². The summed E-state index contributed by atoms with van der Waals surface area (Å²) in [6.45, 7) is 0. The Labute approximate surface area is 134 Å². The van der Waals surface area contributed by atoms with Crippen LogP contribution >= 0.6 is 15.9 Å². The Morgan fingerprint density at radius 1 is 0.857 bits per heavy atom. The molecule has 3 nitrogen and oxygen atoms in total. The molecule has 2 rings (SSSR count). The number of benzene rings is 2. The second-order valence-electron chi connectivity index (χ2n) is 4.60. The van der Waals surface area contributed by atoms with Crippen molar-refractivity contribution in [3.8, 4) is 17.2 Å². The second-order valence-corrected chi connectivity index (χ2v) is 5.70. The summed E-state index contributed by atoms with van der Waals surface area (Å²) in [6.07, 6.45) is 0.834. The fourth-order valence-electron chi connectivity index (χ4n) is 2.26. The van der Waals surface area contributed by atoms with E-state index in [9.17, 15) is 0 Å². The van der Waals surface area contributed by atoms with Gasteiger partial charge in [0.05, 0.1) is 31.7 Å². The normalized spacial score (nSPS) is 11.8. The van der Waals surface area contributed by atoms with E-state index in [2.05, 4.69) is 28.1 Å². The van der Waals surface area contributed by atoms with Crippen LogP contribution in [0.5, 0.6) is 17.2 Å². The third kappa shape index (κ3) is 3.70. The third-order valence-electron chi connectivity index (χ3n) is 3.35. The lowest BCUT2D eigenvalue weighted by Gasteiger charge is -2.18. The highest BCUT2D eigenvalue weighted by molar-refractivity contribution is 9.09. The number of hydrogen-bond donors (Lipinski definition) is 0. The molecule has 0 fully saturated rings. The Balaban J connectivity index is 2.24. The van der Waals surface area contributed by atoms with Crippen LogP contribution in [0.1, 0.15) is 16.0 Å². The van der Waals surface area contributed by atoms with Gasteiger partial charge in [0.15, 0.2) is 0 Å². The lowest BCUT2D eigenvalue weighted by Crippen LogP contribution is -2.02. The van der Waals surface area contributed by atoms with Gasteiger partial charge in [0.2, 0.25) is 0 Å². The molecule has 4 heteroatoms. The minimum Gasteiger partial charge on any atom is -0.497 e. The monoisotopic (exact) mass is 350 g/mol. The number of alkyl halides is 1. The van der Waals surface area contributed by atoms with E-state index in [1.165, 1.54) is 5.56 Å². The minimum absolute atomic E-state index is 0.108. The first kappa shape index (κ1) is 15.7. The van der Waals surface area contributed by atoms with E-state index in [1.54, 1.807) is 21.3 Å². The van der Waals surface area contributed by atoms with Crippen molar-refractivity contribution in [1.29, 1.82) is 0 Å². The standard InChI is InChI=1S/C17H19BrO3/c1-19-13-9-7-12(8-10-13)11-14(18)17-15(20-2)5-4-6-16(17)21-3/h4-10,14H,11H2,1-3H3. The molecular weight excluding hydrogens is 332 g/mol. The quantitative estimate of drug-likeness (QED) is 0.723. The zero-order valence-corrected chi connectivity index (χ0v) is 14.0. The van der Waals surface area contributed by atoms with E-state index >= 15 is 0 Å². The van der Waals surface area contributed by atoms with Gasteiger partial charge < -0.3 is 14.2 Å². The highest BCUT2D eigenvalue weighted by Gasteiger charge is 2.18. The smallest absolute Gasteiger partial charge is 0.126 e. The lowest BCUT2D eigenvalue weighted by molar-refractivity contribution is 0.385. The van der Waals surface area contributed by atoms with Gasteiger partial charge in [-0.3, -0.25) is 0 Å². The van der Waals surface area contributed by atoms with Crippen LogP contribution in [0.15, 0.2) is 42.5 Å². The zero-order chi connectivity index (χ0) is 15.2. The van der Waals surface area contributed by atoms with Crippen LogP contribution in [0, 0.1) is 0 Å². The first-order valence-electron chi connectivity index (χ1n) is 6.67. The molecule has 0 spiro atoms. The van der Waals surface area contributed by atoms with Gasteiger partial charge >= 0.3 is 0 Å². The van der Waals surface area contributed by atoms with Gasteiger partial charge in [0, 0.05) is 0 Å². The maximum atomic E-state index is 5.45. The molecule has 0 saturated carbocycles. The molecule has 0 aliphatic rings. The van der Waals surface area contributed by atoms with Crippen LogP contribution in [0.3, 0.4) is 0 Å². The minimum atomic E-state index is 0.108. The molecule has 1 atom stereocenters. The molecule has 112 valence electrons. The van der Waals surface area contributed by atoms with Gasteiger partial charge in [0.1, 0.15) is 17.2 Å². The van der Waals surface area contributed by atoms with Gasteiger partial charge in [0.25, 0.3) is 0 Å². The summed E-state index contributed by atoms with van der Waals surface area (Å²) in [5, 5.41) is 0. The number of ether oxygens (including phenoxy) is 3. The SMILES string of the molecule is COc1ccc(CC(Br)c2c(OC)cccc2OC)cc1. The molecule has 0 aliphatic heterocycles. The summed E-state index contributed by atoms with van der Waals surface area (Å²) >= 11 is 3.75. The van der Waals surface area contributed by atoms with Gasteiger partial charge in [-0.2, -0.15) is 0 Å². The van der Waals surface area contributed by atoms with Crippen molar-refractivity contribution < 1.29 is 14.2 Å². The topological polar surface area (TPSA) is 27.7 Å². The second kappa shape index (κ2) is 7.36. The molecule has 21 heavy (non-hydrogen) atoms. The van der Waals surface area contributed by atoms with E-state index in [-0.39, 0.29) is 4.83 Å². The maximum Gasteiger partial charge on any atom is 0.126 e. The Morgan fingerprint density at radius 3 is 1.90 bits per heavy atom. The zero-order valence-electron chi connectivity index (χ0n) is 12.4. The molecule has 0 N–H and O–H groups in total. The Morgan fingerprint density at radius 2 is 1.43 bits per heavy atom. The third-order valence-corrected chi connectivity index (χ3v) is 4.13. The highest BCUT2D eigenvalue weighted by Crippen LogP contribution is 2.40. The summed E-state index contributed by atoms with van der Waals surface area (Å²) in [4.78, 5) is 0.108. The first-order valence-corrected chi connectivity index (χ1v) is 7.59. The molecule has 2 aromatic rings. The molecule has 0 bridgehead atoms.